The van der Waals surface area contributed by atoms with Gasteiger partial charge in [0.05, 0.1) is 4.88 Å². The van der Waals surface area contributed by atoms with Crippen molar-refractivity contribution in [1.29, 1.82) is 0 Å². The monoisotopic (exact) mass is 236 g/mol. The lowest BCUT2D eigenvalue weighted by atomic mass is 10.2. The lowest BCUT2D eigenvalue weighted by Crippen LogP contribution is -1.92. The Kier molecular flexibility index (Phi) is 3.46. The molecule has 0 fully saturated rings. The molecule has 0 aliphatic rings. The fourth-order valence-electron chi connectivity index (χ4n) is 1.35. The molecule has 0 unspecified atom stereocenters. The van der Waals surface area contributed by atoms with E-state index in [2.05, 4.69) is 10.1 Å². The van der Waals surface area contributed by atoms with E-state index in [1.54, 1.807) is 18.3 Å². The number of nitrogens with zero attached hydrogens (tertiary/aromatic N) is 2. The van der Waals surface area contributed by atoms with E-state index in [9.17, 15) is 4.79 Å². The van der Waals surface area contributed by atoms with Crippen LogP contribution in [0, 0.1) is 0 Å². The lowest BCUT2D eigenvalue weighted by molar-refractivity contribution is -0.117. The number of rotatable bonds is 5. The molecule has 5 heteroatoms. The summed E-state index contributed by atoms with van der Waals surface area (Å²) in [5, 5.41) is 5.87. The summed E-state index contributed by atoms with van der Waals surface area (Å²) in [5.74, 6) is 1.43. The Morgan fingerprint density at radius 2 is 2.44 bits per heavy atom. The van der Waals surface area contributed by atoms with Crippen LogP contribution < -0.4 is 0 Å². The zero-order chi connectivity index (χ0) is 11.4. The summed E-state index contributed by atoms with van der Waals surface area (Å²) in [7, 11) is 0. The first kappa shape index (κ1) is 11.0. The van der Waals surface area contributed by atoms with Crippen LogP contribution in [-0.4, -0.2) is 15.9 Å². The van der Waals surface area contributed by atoms with Gasteiger partial charge in [0, 0.05) is 12.8 Å². The highest BCUT2D eigenvalue weighted by Crippen LogP contribution is 2.21. The van der Waals surface area contributed by atoms with Crippen LogP contribution in [0.2, 0.25) is 0 Å². The molecule has 0 N–H and O–H groups in total. The third-order valence-corrected chi connectivity index (χ3v) is 2.99. The molecule has 0 bridgehead atoms. The minimum absolute atomic E-state index is 0.193. The Labute approximate surface area is 97.3 Å². The van der Waals surface area contributed by atoms with Gasteiger partial charge in [0.1, 0.15) is 5.78 Å². The number of Topliss-reactive ketones (excluding diaryl/α,β-unsaturated/α-hetero) is 1. The van der Waals surface area contributed by atoms with Crippen molar-refractivity contribution in [2.75, 3.05) is 0 Å². The second-order valence-electron chi connectivity index (χ2n) is 3.54. The number of hydrogen-bond acceptors (Lipinski definition) is 5. The third kappa shape index (κ3) is 2.76. The molecule has 0 spiro atoms. The molecule has 0 aliphatic heterocycles. The molecular formula is C11H12N2O2S. The molecule has 84 valence electrons. The second-order valence-corrected chi connectivity index (χ2v) is 4.49. The largest absolute Gasteiger partial charge is 0.339 e. The van der Waals surface area contributed by atoms with Gasteiger partial charge in [-0.25, -0.2) is 0 Å². The van der Waals surface area contributed by atoms with E-state index in [0.29, 0.717) is 24.6 Å². The van der Waals surface area contributed by atoms with Gasteiger partial charge in [0.25, 0.3) is 0 Å². The fraction of sp³-hybridized carbons (Fsp3) is 0.364. The molecule has 0 saturated heterocycles. The number of thiophene rings is 1. The van der Waals surface area contributed by atoms with Crippen molar-refractivity contribution in [3.8, 4) is 10.7 Å². The summed E-state index contributed by atoms with van der Waals surface area (Å²) in [6.07, 6.45) is 2.00. The SMILES string of the molecule is CC(=O)CCCc1nc(-c2cccs2)no1. The normalized spacial score (nSPS) is 10.6. The lowest BCUT2D eigenvalue weighted by Gasteiger charge is -1.91. The van der Waals surface area contributed by atoms with E-state index < -0.39 is 0 Å². The molecule has 0 atom stereocenters. The van der Waals surface area contributed by atoms with E-state index in [-0.39, 0.29) is 5.78 Å². The van der Waals surface area contributed by atoms with Crippen LogP contribution >= 0.6 is 11.3 Å². The minimum Gasteiger partial charge on any atom is -0.339 e. The smallest absolute Gasteiger partial charge is 0.226 e. The van der Waals surface area contributed by atoms with Crippen molar-refractivity contribution in [3.63, 3.8) is 0 Å². The Morgan fingerprint density at radius 1 is 1.56 bits per heavy atom. The van der Waals surface area contributed by atoms with Crippen LogP contribution in [0.15, 0.2) is 22.0 Å². The first-order chi connectivity index (χ1) is 7.75. The van der Waals surface area contributed by atoms with Crippen LogP contribution in [0.25, 0.3) is 10.7 Å². The predicted molar refractivity (Wildman–Crippen MR) is 61.2 cm³/mol. The van der Waals surface area contributed by atoms with E-state index >= 15 is 0 Å². The Bertz CT molecular complexity index is 462. The molecule has 2 heterocycles. The average molecular weight is 236 g/mol. The molecule has 2 aromatic heterocycles. The van der Waals surface area contributed by atoms with Gasteiger partial charge in [-0.3, -0.25) is 0 Å². The van der Waals surface area contributed by atoms with Crippen molar-refractivity contribution in [1.82, 2.24) is 10.1 Å². The van der Waals surface area contributed by atoms with Crippen molar-refractivity contribution < 1.29 is 9.32 Å². The summed E-state index contributed by atoms with van der Waals surface area (Å²) in [6, 6.07) is 3.90. The first-order valence-corrected chi connectivity index (χ1v) is 5.99. The van der Waals surface area contributed by atoms with Gasteiger partial charge in [-0.2, -0.15) is 4.98 Å². The van der Waals surface area contributed by atoms with Gasteiger partial charge in [-0.15, -0.1) is 11.3 Å². The number of carbonyl (C=O) groups excluding carboxylic acids is 1. The fourth-order valence-corrected chi connectivity index (χ4v) is 2.00. The first-order valence-electron chi connectivity index (χ1n) is 5.11. The molecule has 16 heavy (non-hydrogen) atoms. The summed E-state index contributed by atoms with van der Waals surface area (Å²) in [4.78, 5) is 16.0. The van der Waals surface area contributed by atoms with Crippen molar-refractivity contribution >= 4 is 17.1 Å². The maximum absolute atomic E-state index is 10.8. The van der Waals surface area contributed by atoms with Gasteiger partial charge in [-0.05, 0) is 24.8 Å². The van der Waals surface area contributed by atoms with Gasteiger partial charge in [-0.1, -0.05) is 11.2 Å². The molecule has 2 rings (SSSR count). The Balaban J connectivity index is 1.95. The van der Waals surface area contributed by atoms with Crippen LogP contribution in [0.5, 0.6) is 0 Å². The van der Waals surface area contributed by atoms with E-state index in [1.165, 1.54) is 0 Å². The third-order valence-electron chi connectivity index (χ3n) is 2.13. The minimum atomic E-state index is 0.193. The van der Waals surface area contributed by atoms with Gasteiger partial charge < -0.3 is 9.32 Å². The number of aromatic nitrogens is 2. The number of ketones is 1. The van der Waals surface area contributed by atoms with Gasteiger partial charge >= 0.3 is 0 Å². The molecule has 4 nitrogen and oxygen atoms in total. The number of aryl methyl sites for hydroxylation is 1. The van der Waals surface area contributed by atoms with Crippen molar-refractivity contribution in [3.05, 3.63) is 23.4 Å². The van der Waals surface area contributed by atoms with Crippen molar-refractivity contribution in [2.24, 2.45) is 0 Å². The van der Waals surface area contributed by atoms with Crippen LogP contribution in [-0.2, 0) is 11.2 Å². The summed E-state index contributed by atoms with van der Waals surface area (Å²) in [5.41, 5.74) is 0. The van der Waals surface area contributed by atoms with Crippen LogP contribution in [0.1, 0.15) is 25.7 Å². The van der Waals surface area contributed by atoms with Crippen molar-refractivity contribution in [2.45, 2.75) is 26.2 Å². The maximum Gasteiger partial charge on any atom is 0.226 e. The second kappa shape index (κ2) is 5.03. The topological polar surface area (TPSA) is 56.0 Å². The molecule has 0 radical (unpaired) electrons. The zero-order valence-electron chi connectivity index (χ0n) is 8.97. The molecular weight excluding hydrogens is 224 g/mol. The number of hydrogen-bond donors (Lipinski definition) is 0. The van der Waals surface area contributed by atoms with Crippen LogP contribution in [0.3, 0.4) is 0 Å². The number of carbonyl (C=O) groups is 1. The van der Waals surface area contributed by atoms with E-state index in [1.807, 2.05) is 17.5 Å². The summed E-state index contributed by atoms with van der Waals surface area (Å²) < 4.78 is 5.10. The van der Waals surface area contributed by atoms with Crippen LogP contribution in [0.4, 0.5) is 0 Å². The summed E-state index contributed by atoms with van der Waals surface area (Å²) in [6.45, 7) is 1.59. The molecule has 0 saturated carbocycles. The molecule has 0 aromatic carbocycles. The Morgan fingerprint density at radius 3 is 3.12 bits per heavy atom. The molecule has 0 amide bonds. The highest BCUT2D eigenvalue weighted by molar-refractivity contribution is 7.13. The average Bonchev–Trinajstić information content (AvgIpc) is 2.85. The molecule has 0 aliphatic carbocycles. The highest BCUT2D eigenvalue weighted by Gasteiger charge is 2.09. The van der Waals surface area contributed by atoms with E-state index in [0.717, 1.165) is 11.3 Å². The summed E-state index contributed by atoms with van der Waals surface area (Å²) >= 11 is 1.58. The zero-order valence-corrected chi connectivity index (χ0v) is 9.79. The van der Waals surface area contributed by atoms with Gasteiger partial charge in [0.2, 0.25) is 11.7 Å². The maximum atomic E-state index is 10.8. The Hall–Kier alpha value is -1.49. The van der Waals surface area contributed by atoms with Gasteiger partial charge in [0.15, 0.2) is 0 Å². The predicted octanol–water partition coefficient (Wildman–Crippen LogP) is 2.71. The molecule has 2 aromatic rings. The van der Waals surface area contributed by atoms with E-state index in [4.69, 9.17) is 4.52 Å². The standard InChI is InChI=1S/C11H12N2O2S/c1-8(14)4-2-6-10-12-11(13-15-10)9-5-3-7-16-9/h3,5,7H,2,4,6H2,1H3. The quantitative estimate of drug-likeness (QED) is 0.801. The highest BCUT2D eigenvalue weighted by atomic mass is 32.1.